The lowest BCUT2D eigenvalue weighted by Crippen LogP contribution is -2.15. The van der Waals surface area contributed by atoms with Gasteiger partial charge in [-0.25, -0.2) is 0 Å². The zero-order valence-electron chi connectivity index (χ0n) is 12.7. The number of benzene rings is 1. The van der Waals surface area contributed by atoms with Crippen molar-refractivity contribution in [1.82, 2.24) is 10.2 Å². The summed E-state index contributed by atoms with van der Waals surface area (Å²) in [4.78, 5) is 22.5. The minimum absolute atomic E-state index is 0.0621. The summed E-state index contributed by atoms with van der Waals surface area (Å²) in [7, 11) is 0. The highest BCUT2D eigenvalue weighted by atomic mass is 32.2. The average molecular weight is 352 g/mol. The lowest BCUT2D eigenvalue weighted by molar-refractivity contribution is -0.385. The molecular formula is C14H16N4O3S2. The third kappa shape index (κ3) is 5.00. The molecule has 0 bridgehead atoms. The second kappa shape index (κ2) is 8.02. The molecular weight excluding hydrogens is 336 g/mol. The maximum Gasteiger partial charge on any atom is 0.273 e. The van der Waals surface area contributed by atoms with E-state index in [0.29, 0.717) is 15.9 Å². The summed E-state index contributed by atoms with van der Waals surface area (Å²) in [5, 5.41) is 22.4. The number of thioether (sulfide) groups is 1. The van der Waals surface area contributed by atoms with Gasteiger partial charge in [0.2, 0.25) is 11.0 Å². The molecule has 1 aromatic heterocycles. The molecule has 7 nitrogen and oxygen atoms in total. The zero-order chi connectivity index (χ0) is 16.8. The molecule has 0 aliphatic rings. The second-order valence-electron chi connectivity index (χ2n) is 4.82. The summed E-state index contributed by atoms with van der Waals surface area (Å²) in [6.45, 7) is 4.19. The Balaban J connectivity index is 1.99. The van der Waals surface area contributed by atoms with Gasteiger partial charge in [-0.05, 0) is 6.42 Å². The zero-order valence-corrected chi connectivity index (χ0v) is 14.3. The van der Waals surface area contributed by atoms with E-state index in [1.54, 1.807) is 30.0 Å². The van der Waals surface area contributed by atoms with E-state index in [9.17, 15) is 14.9 Å². The third-order valence-electron chi connectivity index (χ3n) is 3.07. The molecule has 0 spiro atoms. The SMILES string of the molecule is CCC(C)Sc1nnc(NC(=O)Cc2ccccc2[N+](=O)[O-])s1. The lowest BCUT2D eigenvalue weighted by atomic mass is 10.1. The van der Waals surface area contributed by atoms with E-state index in [1.807, 2.05) is 0 Å². The first-order valence-electron chi connectivity index (χ1n) is 7.02. The highest BCUT2D eigenvalue weighted by Gasteiger charge is 2.17. The molecule has 0 saturated heterocycles. The Bertz CT molecular complexity index is 705. The van der Waals surface area contributed by atoms with Gasteiger partial charge < -0.3 is 5.32 Å². The van der Waals surface area contributed by atoms with Gasteiger partial charge in [-0.1, -0.05) is 55.1 Å². The molecule has 9 heteroatoms. The van der Waals surface area contributed by atoms with Gasteiger partial charge in [0.05, 0.1) is 11.3 Å². The van der Waals surface area contributed by atoms with E-state index >= 15 is 0 Å². The van der Waals surface area contributed by atoms with Crippen LogP contribution in [0.3, 0.4) is 0 Å². The summed E-state index contributed by atoms with van der Waals surface area (Å²) in [6.07, 6.45) is 0.939. The van der Waals surface area contributed by atoms with E-state index in [4.69, 9.17) is 0 Å². The van der Waals surface area contributed by atoms with E-state index in [1.165, 1.54) is 17.4 Å². The Morgan fingerprint density at radius 1 is 1.43 bits per heavy atom. The largest absolute Gasteiger partial charge is 0.300 e. The highest BCUT2D eigenvalue weighted by molar-refractivity contribution is 8.01. The Morgan fingerprint density at radius 3 is 2.87 bits per heavy atom. The van der Waals surface area contributed by atoms with Crippen molar-refractivity contribution in [2.24, 2.45) is 0 Å². The quantitative estimate of drug-likeness (QED) is 0.354. The van der Waals surface area contributed by atoms with Crippen molar-refractivity contribution < 1.29 is 9.72 Å². The van der Waals surface area contributed by atoms with Crippen LogP contribution >= 0.6 is 23.1 Å². The topological polar surface area (TPSA) is 98.0 Å². The van der Waals surface area contributed by atoms with Gasteiger partial charge in [-0.3, -0.25) is 14.9 Å². The normalized spacial score (nSPS) is 11.9. The lowest BCUT2D eigenvalue weighted by Gasteiger charge is -2.03. The molecule has 2 rings (SSSR count). The van der Waals surface area contributed by atoms with Gasteiger partial charge >= 0.3 is 0 Å². The van der Waals surface area contributed by atoms with Crippen LogP contribution in [0.4, 0.5) is 10.8 Å². The molecule has 1 heterocycles. The molecule has 0 fully saturated rings. The van der Waals surface area contributed by atoms with Gasteiger partial charge in [-0.2, -0.15) is 0 Å². The van der Waals surface area contributed by atoms with Gasteiger partial charge in [0, 0.05) is 16.9 Å². The molecule has 122 valence electrons. The standard InChI is InChI=1S/C14H16N4O3S2/c1-3-9(2)22-14-17-16-13(23-14)15-12(19)8-10-6-4-5-7-11(10)18(20)21/h4-7,9H,3,8H2,1-2H3,(H,15,16,19). The number of carbonyl (C=O) groups is 1. The van der Waals surface area contributed by atoms with Crippen molar-refractivity contribution in [1.29, 1.82) is 0 Å². The van der Waals surface area contributed by atoms with E-state index in [0.717, 1.165) is 10.8 Å². The van der Waals surface area contributed by atoms with Crippen molar-refractivity contribution in [2.75, 3.05) is 5.32 Å². The van der Waals surface area contributed by atoms with Gasteiger partial charge in [0.25, 0.3) is 5.69 Å². The minimum atomic E-state index is -0.492. The Hall–Kier alpha value is -2.00. The third-order valence-corrected chi connectivity index (χ3v) is 5.26. The smallest absolute Gasteiger partial charge is 0.273 e. The van der Waals surface area contributed by atoms with Crippen LogP contribution < -0.4 is 5.32 Å². The number of hydrogen-bond acceptors (Lipinski definition) is 7. The summed E-state index contributed by atoms with van der Waals surface area (Å²) in [6, 6.07) is 6.20. The van der Waals surface area contributed by atoms with E-state index < -0.39 is 4.92 Å². The fourth-order valence-electron chi connectivity index (χ4n) is 1.74. The first-order chi connectivity index (χ1) is 11.0. The molecule has 1 unspecified atom stereocenters. The fraction of sp³-hybridized carbons (Fsp3) is 0.357. The predicted octanol–water partition coefficient (Wildman–Crippen LogP) is 3.52. The van der Waals surface area contributed by atoms with Crippen LogP contribution in [0.15, 0.2) is 28.6 Å². The minimum Gasteiger partial charge on any atom is -0.300 e. The van der Waals surface area contributed by atoms with Crippen LogP contribution in [-0.2, 0) is 11.2 Å². The summed E-state index contributed by atoms with van der Waals surface area (Å²) in [5.74, 6) is -0.351. The van der Waals surface area contributed by atoms with E-state index in [2.05, 4.69) is 29.4 Å². The van der Waals surface area contributed by atoms with Crippen LogP contribution in [0.5, 0.6) is 0 Å². The first kappa shape index (κ1) is 17.4. The highest BCUT2D eigenvalue weighted by Crippen LogP contribution is 2.30. The van der Waals surface area contributed by atoms with Crippen molar-refractivity contribution >= 4 is 39.8 Å². The fourth-order valence-corrected chi connectivity index (χ4v) is 3.75. The van der Waals surface area contributed by atoms with E-state index in [-0.39, 0.29) is 18.0 Å². The maximum absolute atomic E-state index is 12.0. The maximum atomic E-state index is 12.0. The molecule has 0 aliphatic carbocycles. The molecule has 1 amide bonds. The summed E-state index contributed by atoms with van der Waals surface area (Å²) in [5.41, 5.74) is 0.307. The van der Waals surface area contributed by atoms with Crippen LogP contribution in [-0.4, -0.2) is 26.3 Å². The predicted molar refractivity (Wildman–Crippen MR) is 90.9 cm³/mol. The van der Waals surface area contributed by atoms with Crippen LogP contribution in [0.25, 0.3) is 0 Å². The number of nitrogens with one attached hydrogen (secondary N) is 1. The number of nitro groups is 1. The van der Waals surface area contributed by atoms with Crippen LogP contribution in [0, 0.1) is 10.1 Å². The van der Waals surface area contributed by atoms with Gasteiger partial charge in [0.15, 0.2) is 4.34 Å². The number of rotatable bonds is 7. The number of para-hydroxylation sites is 1. The van der Waals surface area contributed by atoms with Crippen molar-refractivity contribution in [3.05, 3.63) is 39.9 Å². The van der Waals surface area contributed by atoms with Crippen molar-refractivity contribution in [2.45, 2.75) is 36.3 Å². The Kier molecular flexibility index (Phi) is 6.05. The molecule has 1 N–H and O–H groups in total. The van der Waals surface area contributed by atoms with Gasteiger partial charge in [0.1, 0.15) is 0 Å². The monoisotopic (exact) mass is 352 g/mol. The molecule has 1 atom stereocenters. The van der Waals surface area contributed by atoms with Crippen molar-refractivity contribution in [3.63, 3.8) is 0 Å². The Labute approximate surface area is 141 Å². The van der Waals surface area contributed by atoms with Crippen LogP contribution in [0.1, 0.15) is 25.8 Å². The average Bonchev–Trinajstić information content (AvgIpc) is 2.94. The number of carbonyl (C=O) groups excluding carboxylic acids is 1. The molecule has 2 aromatic rings. The second-order valence-corrected chi connectivity index (χ2v) is 7.48. The number of hydrogen-bond donors (Lipinski definition) is 1. The number of amides is 1. The number of nitro benzene ring substituents is 1. The molecule has 23 heavy (non-hydrogen) atoms. The Morgan fingerprint density at radius 2 is 2.17 bits per heavy atom. The molecule has 1 aromatic carbocycles. The number of nitrogens with zero attached hydrogens (tertiary/aromatic N) is 3. The molecule has 0 aliphatic heterocycles. The summed E-state index contributed by atoms with van der Waals surface area (Å²) >= 11 is 2.91. The number of anilines is 1. The van der Waals surface area contributed by atoms with Gasteiger partial charge in [-0.15, -0.1) is 10.2 Å². The molecule has 0 saturated carbocycles. The van der Waals surface area contributed by atoms with Crippen LogP contribution in [0.2, 0.25) is 0 Å². The first-order valence-corrected chi connectivity index (χ1v) is 8.71. The number of aromatic nitrogens is 2. The van der Waals surface area contributed by atoms with Crippen molar-refractivity contribution in [3.8, 4) is 0 Å². The molecule has 0 radical (unpaired) electrons. The summed E-state index contributed by atoms with van der Waals surface area (Å²) < 4.78 is 0.792.